The maximum absolute atomic E-state index is 13.0. The first kappa shape index (κ1) is 25.0. The fourth-order valence-corrected chi connectivity index (χ4v) is 4.65. The maximum atomic E-state index is 13.0. The molecule has 0 unspecified atom stereocenters. The molecule has 5 rings (SSSR count). The quantitative estimate of drug-likeness (QED) is 0.475. The Morgan fingerprint density at radius 3 is 2.41 bits per heavy atom. The first-order valence-electron chi connectivity index (χ1n) is 12.2. The monoisotopic (exact) mass is 518 g/mol. The Kier molecular flexibility index (Phi) is 6.78. The molecule has 198 valence electrons. The summed E-state index contributed by atoms with van der Waals surface area (Å²) in [5, 5.41) is 3.39. The summed E-state index contributed by atoms with van der Waals surface area (Å²) < 4.78 is 51.5. The zero-order valence-corrected chi connectivity index (χ0v) is 20.9. The molecule has 3 aromatic heterocycles. The van der Waals surface area contributed by atoms with Crippen molar-refractivity contribution in [2.24, 2.45) is 13.0 Å². The van der Waals surface area contributed by atoms with E-state index in [1.54, 1.807) is 27.5 Å². The lowest BCUT2D eigenvalue weighted by Crippen LogP contribution is -2.37. The second kappa shape index (κ2) is 10.0. The molecule has 13 heteroatoms. The summed E-state index contributed by atoms with van der Waals surface area (Å²) in [6, 6.07) is 0. The summed E-state index contributed by atoms with van der Waals surface area (Å²) in [6.07, 6.45) is 3.41. The first-order valence-corrected chi connectivity index (χ1v) is 12.2. The lowest BCUT2D eigenvalue weighted by atomic mass is 9.97. The minimum Gasteiger partial charge on any atom is -0.491 e. The predicted octanol–water partition coefficient (Wildman–Crippen LogP) is 3.91. The van der Waals surface area contributed by atoms with Gasteiger partial charge in [-0.25, -0.2) is 24.9 Å². The smallest absolute Gasteiger partial charge is 0.434 e. The number of halogens is 3. The molecule has 0 atom stereocenters. The Morgan fingerprint density at radius 2 is 1.78 bits per heavy atom. The predicted molar refractivity (Wildman–Crippen MR) is 130 cm³/mol. The first-order chi connectivity index (χ1) is 17.8. The highest BCUT2D eigenvalue weighted by atomic mass is 19.4. The van der Waals surface area contributed by atoms with E-state index in [1.807, 2.05) is 4.90 Å². The molecule has 2 fully saturated rings. The molecule has 0 bridgehead atoms. The van der Waals surface area contributed by atoms with Crippen molar-refractivity contribution in [1.82, 2.24) is 29.5 Å². The molecule has 0 spiro atoms. The van der Waals surface area contributed by atoms with Gasteiger partial charge in [0.2, 0.25) is 11.8 Å². The van der Waals surface area contributed by atoms with E-state index in [-0.39, 0.29) is 0 Å². The number of alkyl halides is 3. The molecule has 2 aliphatic rings. The van der Waals surface area contributed by atoms with Gasteiger partial charge in [0.05, 0.1) is 26.1 Å². The SMILES string of the molecule is COc1cnc(-c2c(OC)ncnc2C2CC2)nc1NCC1CCN(c2nc(C(F)(F)F)cn2C)CC1. The molecule has 1 aliphatic heterocycles. The van der Waals surface area contributed by atoms with Crippen molar-refractivity contribution in [2.75, 3.05) is 44.1 Å². The van der Waals surface area contributed by atoms with Gasteiger partial charge >= 0.3 is 6.18 Å². The number of methoxy groups -OCH3 is 2. The fourth-order valence-electron chi connectivity index (χ4n) is 4.65. The van der Waals surface area contributed by atoms with Gasteiger partial charge in [0.15, 0.2) is 23.1 Å². The van der Waals surface area contributed by atoms with E-state index in [4.69, 9.17) is 14.5 Å². The van der Waals surface area contributed by atoms with Gasteiger partial charge < -0.3 is 24.3 Å². The summed E-state index contributed by atoms with van der Waals surface area (Å²) >= 11 is 0. The standard InChI is InChI=1S/C24H29F3N8O2/c1-34-12-17(24(25,26)27)32-23(34)35-8-6-14(7-9-35)10-28-20-16(36-2)11-29-21(33-20)18-19(15-4-5-15)30-13-31-22(18)37-3/h11-15H,4-10H2,1-3H3,(H,28,29,33). The van der Waals surface area contributed by atoms with Gasteiger partial charge in [-0.1, -0.05) is 0 Å². The molecule has 0 amide bonds. The Bertz CT molecular complexity index is 1250. The van der Waals surface area contributed by atoms with E-state index in [9.17, 15) is 13.2 Å². The van der Waals surface area contributed by atoms with Gasteiger partial charge in [0.25, 0.3) is 0 Å². The number of ether oxygens (including phenoxy) is 2. The molecular formula is C24H29F3N8O2. The Hall–Kier alpha value is -3.64. The van der Waals surface area contributed by atoms with Gasteiger partial charge in [0.1, 0.15) is 11.9 Å². The van der Waals surface area contributed by atoms with Crippen molar-refractivity contribution >= 4 is 11.8 Å². The van der Waals surface area contributed by atoms with Gasteiger partial charge in [0, 0.05) is 38.8 Å². The second-order valence-electron chi connectivity index (χ2n) is 9.37. The third-order valence-corrected chi connectivity index (χ3v) is 6.80. The fraction of sp³-hybridized carbons (Fsp3) is 0.542. The van der Waals surface area contributed by atoms with E-state index < -0.39 is 11.9 Å². The Morgan fingerprint density at radius 1 is 1.03 bits per heavy atom. The van der Waals surface area contributed by atoms with Gasteiger partial charge in [-0.15, -0.1) is 0 Å². The van der Waals surface area contributed by atoms with Crippen LogP contribution in [-0.4, -0.2) is 63.3 Å². The van der Waals surface area contributed by atoms with Crippen LogP contribution in [0.15, 0.2) is 18.7 Å². The van der Waals surface area contributed by atoms with Gasteiger partial charge in [-0.2, -0.15) is 13.2 Å². The molecule has 1 aliphatic carbocycles. The molecule has 0 radical (unpaired) electrons. The largest absolute Gasteiger partial charge is 0.491 e. The van der Waals surface area contributed by atoms with Crippen LogP contribution in [0.1, 0.15) is 43.0 Å². The molecule has 10 nitrogen and oxygen atoms in total. The van der Waals surface area contributed by atoms with E-state index >= 15 is 0 Å². The van der Waals surface area contributed by atoms with Crippen LogP contribution in [0.3, 0.4) is 0 Å². The third kappa shape index (κ3) is 5.25. The van der Waals surface area contributed by atoms with Crippen LogP contribution in [0, 0.1) is 5.92 Å². The normalized spacial score (nSPS) is 16.6. The van der Waals surface area contributed by atoms with Gasteiger partial charge in [-0.3, -0.25) is 0 Å². The highest BCUT2D eigenvalue weighted by Crippen LogP contribution is 2.45. The molecule has 4 heterocycles. The molecule has 3 aromatic rings. The average Bonchev–Trinajstić information content (AvgIpc) is 3.67. The number of anilines is 2. The number of imidazole rings is 1. The van der Waals surface area contributed by atoms with Gasteiger partial charge in [-0.05, 0) is 31.6 Å². The molecule has 1 saturated carbocycles. The number of nitrogens with one attached hydrogen (secondary N) is 1. The van der Waals surface area contributed by atoms with Crippen LogP contribution < -0.4 is 19.7 Å². The van der Waals surface area contributed by atoms with E-state index in [1.165, 1.54) is 10.9 Å². The minimum atomic E-state index is -4.46. The number of hydrogen-bond acceptors (Lipinski definition) is 9. The Labute approximate surface area is 212 Å². The van der Waals surface area contributed by atoms with E-state index in [2.05, 4.69) is 25.3 Å². The number of rotatable bonds is 8. The van der Waals surface area contributed by atoms with Crippen LogP contribution in [0.2, 0.25) is 0 Å². The summed E-state index contributed by atoms with van der Waals surface area (Å²) in [6.45, 7) is 1.86. The lowest BCUT2D eigenvalue weighted by molar-refractivity contribution is -0.140. The summed E-state index contributed by atoms with van der Waals surface area (Å²) in [7, 11) is 4.71. The van der Waals surface area contributed by atoms with Crippen molar-refractivity contribution in [3.63, 3.8) is 0 Å². The van der Waals surface area contributed by atoms with Crippen molar-refractivity contribution in [3.05, 3.63) is 30.1 Å². The number of piperidine rings is 1. The van der Waals surface area contributed by atoms with Crippen LogP contribution in [0.5, 0.6) is 11.6 Å². The third-order valence-electron chi connectivity index (χ3n) is 6.80. The highest BCUT2D eigenvalue weighted by Gasteiger charge is 2.36. The van der Waals surface area contributed by atoms with Crippen molar-refractivity contribution in [3.8, 4) is 23.0 Å². The Balaban J connectivity index is 1.27. The minimum absolute atomic E-state index is 0.304. The van der Waals surface area contributed by atoms with Crippen LogP contribution in [0.25, 0.3) is 11.4 Å². The maximum Gasteiger partial charge on any atom is 0.434 e. The molecule has 1 N–H and O–H groups in total. The highest BCUT2D eigenvalue weighted by molar-refractivity contribution is 5.68. The molecule has 0 aromatic carbocycles. The summed E-state index contributed by atoms with van der Waals surface area (Å²) in [5.74, 6) is 2.96. The summed E-state index contributed by atoms with van der Waals surface area (Å²) in [5.41, 5.74) is 0.712. The molecule has 1 saturated heterocycles. The van der Waals surface area contributed by atoms with Crippen LogP contribution in [-0.2, 0) is 13.2 Å². The van der Waals surface area contributed by atoms with Crippen LogP contribution in [0.4, 0.5) is 24.9 Å². The molecular weight excluding hydrogens is 489 g/mol. The van der Waals surface area contributed by atoms with Crippen molar-refractivity contribution < 1.29 is 22.6 Å². The second-order valence-corrected chi connectivity index (χ2v) is 9.37. The van der Waals surface area contributed by atoms with Crippen molar-refractivity contribution in [1.29, 1.82) is 0 Å². The molecule has 37 heavy (non-hydrogen) atoms. The zero-order chi connectivity index (χ0) is 26.2. The number of aromatic nitrogens is 6. The number of nitrogens with zero attached hydrogens (tertiary/aromatic N) is 7. The number of aryl methyl sites for hydroxylation is 1. The summed E-state index contributed by atoms with van der Waals surface area (Å²) in [4.78, 5) is 23.7. The lowest BCUT2D eigenvalue weighted by Gasteiger charge is -2.32. The zero-order valence-electron chi connectivity index (χ0n) is 20.9. The van der Waals surface area contributed by atoms with Crippen molar-refractivity contribution in [2.45, 2.75) is 37.8 Å². The van der Waals surface area contributed by atoms with E-state index in [0.717, 1.165) is 37.6 Å². The average molecular weight is 519 g/mol. The number of hydrogen-bond donors (Lipinski definition) is 1. The topological polar surface area (TPSA) is 103 Å². The van der Waals surface area contributed by atoms with E-state index in [0.29, 0.717) is 66.3 Å². The van der Waals surface area contributed by atoms with Crippen LogP contribution >= 0.6 is 0 Å².